The summed E-state index contributed by atoms with van der Waals surface area (Å²) in [4.78, 5) is 6.56. The van der Waals surface area contributed by atoms with E-state index in [9.17, 15) is 0 Å². The van der Waals surface area contributed by atoms with Crippen LogP contribution in [0.5, 0.6) is 0 Å². The fraction of sp³-hybridized carbons (Fsp3) is 0.733. The summed E-state index contributed by atoms with van der Waals surface area (Å²) in [6.45, 7) is 21.3. The molecule has 0 radical (unpaired) electrons. The van der Waals surface area contributed by atoms with Crippen LogP contribution in [0, 0.1) is 0 Å². The smallest absolute Gasteiger partial charge is 0.668 e. The summed E-state index contributed by atoms with van der Waals surface area (Å²) in [7, 11) is -2.21. The summed E-state index contributed by atoms with van der Waals surface area (Å²) in [5, 5.41) is 0. The van der Waals surface area contributed by atoms with Gasteiger partial charge in [0, 0.05) is 6.54 Å². The van der Waals surface area contributed by atoms with Crippen LogP contribution < -0.4 is 4.98 Å². The second-order valence-electron chi connectivity index (χ2n) is 7.04. The molecule has 0 fully saturated rings. The van der Waals surface area contributed by atoms with Crippen molar-refractivity contribution in [1.29, 1.82) is 0 Å². The molecule has 1 aromatic heterocycles. The van der Waals surface area contributed by atoms with Crippen LogP contribution in [0.15, 0.2) is 18.3 Å². The van der Waals surface area contributed by atoms with Crippen LogP contribution >= 0.6 is 0 Å². The van der Waals surface area contributed by atoms with Gasteiger partial charge in [0.2, 0.25) is 0 Å². The van der Waals surface area contributed by atoms with E-state index in [1.165, 1.54) is 5.69 Å². The predicted octanol–water partition coefficient (Wildman–Crippen LogP) is 4.13. The summed E-state index contributed by atoms with van der Waals surface area (Å²) < 4.78 is 4.82. The standard InChI is InChI=1S/C9H15N2.C6H18NSi2.Ca/c1-3-11(4-2)8-9-6-5-7-10-9;1-8(2,3)7-9(4,5)6;/h5-7H,3-4,8H2,1-2H3;1-6H3;/q2*-1;+2. The molecule has 0 saturated heterocycles. The Labute approximate surface area is 164 Å². The maximum absolute atomic E-state index is 4.82. The first-order valence-electron chi connectivity index (χ1n) is 7.60. The first-order valence-corrected chi connectivity index (χ1v) is 14.5. The van der Waals surface area contributed by atoms with Crippen molar-refractivity contribution in [3.63, 3.8) is 0 Å². The largest absolute Gasteiger partial charge is 2.00 e. The van der Waals surface area contributed by atoms with Gasteiger partial charge in [-0.15, -0.1) is 5.69 Å². The zero-order valence-corrected chi connectivity index (χ0v) is 19.6. The van der Waals surface area contributed by atoms with E-state index >= 15 is 0 Å². The molecule has 0 atom stereocenters. The zero-order chi connectivity index (χ0) is 15.8. The van der Waals surface area contributed by atoms with E-state index in [1.807, 2.05) is 12.3 Å². The minimum Gasteiger partial charge on any atom is -0.668 e. The van der Waals surface area contributed by atoms with Crippen LogP contribution in [0.25, 0.3) is 4.65 Å². The summed E-state index contributed by atoms with van der Waals surface area (Å²) in [5.41, 5.74) is 1.17. The van der Waals surface area contributed by atoms with E-state index in [0.29, 0.717) is 0 Å². The molecule has 0 saturated carbocycles. The third-order valence-electron chi connectivity index (χ3n) is 2.57. The minimum atomic E-state index is -1.11. The first-order chi connectivity index (χ1) is 9.07. The van der Waals surface area contributed by atoms with Crippen molar-refractivity contribution in [2.45, 2.75) is 59.7 Å². The molecule has 0 aromatic carbocycles. The molecular formula is C15H33CaN3Si2. The third kappa shape index (κ3) is 15.6. The van der Waals surface area contributed by atoms with Crippen LogP contribution in [0.3, 0.4) is 0 Å². The summed E-state index contributed by atoms with van der Waals surface area (Å²) in [6, 6.07) is 4.05. The van der Waals surface area contributed by atoms with Gasteiger partial charge in [0.15, 0.2) is 0 Å². The molecule has 21 heavy (non-hydrogen) atoms. The van der Waals surface area contributed by atoms with Crippen LogP contribution in [0.4, 0.5) is 0 Å². The minimum absolute atomic E-state index is 0. The van der Waals surface area contributed by atoms with Crippen molar-refractivity contribution in [2.75, 3.05) is 13.1 Å². The summed E-state index contributed by atoms with van der Waals surface area (Å²) in [6.07, 6.45) is 1.85. The fourth-order valence-electron chi connectivity index (χ4n) is 2.11. The van der Waals surface area contributed by atoms with E-state index < -0.39 is 16.5 Å². The van der Waals surface area contributed by atoms with Crippen LogP contribution in [-0.2, 0) is 6.54 Å². The molecule has 1 rings (SSSR count). The molecule has 6 heteroatoms. The molecule has 0 aliphatic heterocycles. The Hall–Kier alpha value is 0.894. The molecule has 1 aromatic rings. The van der Waals surface area contributed by atoms with Gasteiger partial charge in [-0.25, -0.2) is 0 Å². The van der Waals surface area contributed by atoms with Gasteiger partial charge in [0.05, 0.1) is 0 Å². The average molecular weight is 352 g/mol. The number of rotatable bonds is 6. The molecule has 0 N–H and O–H groups in total. The molecule has 0 aliphatic rings. The van der Waals surface area contributed by atoms with Crippen molar-refractivity contribution < 1.29 is 0 Å². The van der Waals surface area contributed by atoms with Gasteiger partial charge >= 0.3 is 37.7 Å². The van der Waals surface area contributed by atoms with E-state index in [-0.39, 0.29) is 37.7 Å². The van der Waals surface area contributed by atoms with Gasteiger partial charge in [0.25, 0.3) is 0 Å². The van der Waals surface area contributed by atoms with E-state index in [4.69, 9.17) is 4.65 Å². The maximum Gasteiger partial charge on any atom is 2.00 e. The molecule has 1 heterocycles. The molecule has 0 unspecified atom stereocenters. The molecule has 118 valence electrons. The number of hydrogen-bond acceptors (Lipinski definition) is 1. The number of nitrogens with zero attached hydrogens (tertiary/aromatic N) is 3. The monoisotopic (exact) mass is 351 g/mol. The van der Waals surface area contributed by atoms with Gasteiger partial charge in [-0.05, 0) is 13.1 Å². The van der Waals surface area contributed by atoms with Crippen molar-refractivity contribution >= 4 is 54.2 Å². The third-order valence-corrected chi connectivity index (χ3v) is 7.93. The Morgan fingerprint density at radius 3 is 1.71 bits per heavy atom. The molecule has 0 bridgehead atoms. The fourth-order valence-corrected chi connectivity index (χ4v) is 10.2. The Morgan fingerprint density at radius 2 is 1.48 bits per heavy atom. The van der Waals surface area contributed by atoms with E-state index in [1.54, 1.807) is 0 Å². The van der Waals surface area contributed by atoms with Crippen LogP contribution in [0.2, 0.25) is 39.3 Å². The normalized spacial score (nSPS) is 11.7. The second kappa shape index (κ2) is 11.4. The van der Waals surface area contributed by atoms with Gasteiger partial charge in [0.1, 0.15) is 0 Å². The molecule has 0 aliphatic carbocycles. The molecule has 3 nitrogen and oxygen atoms in total. The van der Waals surface area contributed by atoms with Gasteiger partial charge in [-0.2, -0.15) is 6.20 Å². The number of aromatic nitrogens is 1. The quantitative estimate of drug-likeness (QED) is 0.721. The van der Waals surface area contributed by atoms with Gasteiger partial charge in [-0.1, -0.05) is 81.7 Å². The van der Waals surface area contributed by atoms with Crippen molar-refractivity contribution in [3.05, 3.63) is 28.7 Å². The summed E-state index contributed by atoms with van der Waals surface area (Å²) in [5.74, 6) is 0. The van der Waals surface area contributed by atoms with Crippen molar-refractivity contribution in [3.8, 4) is 0 Å². The Balaban J connectivity index is 0. The Bertz CT molecular complexity index is 327. The predicted molar refractivity (Wildman–Crippen MR) is 102 cm³/mol. The Morgan fingerprint density at radius 1 is 1.00 bits per heavy atom. The van der Waals surface area contributed by atoms with Crippen LogP contribution in [0.1, 0.15) is 19.5 Å². The topological polar surface area (TPSA) is 31.4 Å². The van der Waals surface area contributed by atoms with E-state index in [2.05, 4.69) is 69.1 Å². The average Bonchev–Trinajstić information content (AvgIpc) is 2.74. The Kier molecular flexibility index (Phi) is 13.1. The molecule has 0 spiro atoms. The molecular weight excluding hydrogens is 318 g/mol. The maximum atomic E-state index is 4.82. The van der Waals surface area contributed by atoms with Crippen molar-refractivity contribution in [1.82, 2.24) is 9.88 Å². The molecule has 0 amide bonds. The number of hydrogen-bond donors (Lipinski definition) is 0. The van der Waals surface area contributed by atoms with E-state index in [0.717, 1.165) is 19.6 Å². The first kappa shape index (κ1) is 24.1. The second-order valence-corrected chi connectivity index (χ2v) is 16.6. The van der Waals surface area contributed by atoms with Crippen LogP contribution in [-0.4, -0.2) is 72.2 Å². The van der Waals surface area contributed by atoms with Crippen molar-refractivity contribution in [2.24, 2.45) is 0 Å². The van der Waals surface area contributed by atoms with Gasteiger partial charge in [-0.3, -0.25) is 0 Å². The SMILES string of the molecule is CCN(CC)Cc1ccc[n-]1.C[Si](C)(C)[N-][Si](C)(C)C.[Ca+2]. The summed E-state index contributed by atoms with van der Waals surface area (Å²) >= 11 is 0. The van der Waals surface area contributed by atoms with Gasteiger partial charge < -0.3 is 14.5 Å². The zero-order valence-electron chi connectivity index (χ0n) is 15.4.